The molecule has 7 heteroatoms. The molecule has 0 aliphatic carbocycles. The van der Waals surface area contributed by atoms with E-state index in [1.54, 1.807) is 20.8 Å². The Bertz CT molecular complexity index is 372. The zero-order valence-electron chi connectivity index (χ0n) is 13.3. The van der Waals surface area contributed by atoms with E-state index < -0.39 is 29.7 Å². The molecule has 0 fully saturated rings. The summed E-state index contributed by atoms with van der Waals surface area (Å²) in [6.07, 6.45) is -0.962. The van der Waals surface area contributed by atoms with E-state index >= 15 is 0 Å². The van der Waals surface area contributed by atoms with Crippen LogP contribution in [0.25, 0.3) is 0 Å². The van der Waals surface area contributed by atoms with Crippen molar-refractivity contribution in [1.82, 2.24) is 5.32 Å². The van der Waals surface area contributed by atoms with Gasteiger partial charge in [-0.1, -0.05) is 13.8 Å². The second-order valence-corrected chi connectivity index (χ2v) is 6.15. The summed E-state index contributed by atoms with van der Waals surface area (Å²) < 4.78 is 9.92. The highest BCUT2D eigenvalue weighted by atomic mass is 16.6. The normalized spacial score (nSPS) is 12.7. The number of rotatable bonds is 7. The van der Waals surface area contributed by atoms with Crippen LogP contribution < -0.4 is 5.32 Å². The lowest BCUT2D eigenvalue weighted by molar-refractivity contribution is -0.145. The van der Waals surface area contributed by atoms with Crippen LogP contribution in [0.15, 0.2) is 0 Å². The van der Waals surface area contributed by atoms with Crippen molar-refractivity contribution in [2.45, 2.75) is 59.1 Å². The predicted octanol–water partition coefficient (Wildman–Crippen LogP) is 1.94. The number of carbonyl (C=O) groups excluding carboxylic acids is 2. The summed E-state index contributed by atoms with van der Waals surface area (Å²) in [5.74, 6) is -1.50. The number of nitrogens with one attached hydrogen (secondary N) is 1. The fraction of sp³-hybridized carbons (Fsp3) is 0.786. The highest BCUT2D eigenvalue weighted by Gasteiger charge is 2.24. The van der Waals surface area contributed by atoms with E-state index in [0.29, 0.717) is 0 Å². The number of aliphatic carboxylic acids is 1. The Morgan fingerprint density at radius 3 is 2.19 bits per heavy atom. The SMILES string of the molecule is CC(C)COC(=O)CC[C@H](NC(=O)OC(C)(C)C)C(=O)O. The molecule has 0 bridgehead atoms. The average molecular weight is 303 g/mol. The van der Waals surface area contributed by atoms with Crippen molar-refractivity contribution in [3.63, 3.8) is 0 Å². The van der Waals surface area contributed by atoms with E-state index in [0.717, 1.165) is 0 Å². The van der Waals surface area contributed by atoms with Crippen molar-refractivity contribution < 1.29 is 29.0 Å². The molecule has 0 aromatic rings. The van der Waals surface area contributed by atoms with Crippen LogP contribution in [0.4, 0.5) is 4.79 Å². The molecule has 1 atom stereocenters. The predicted molar refractivity (Wildman–Crippen MR) is 75.8 cm³/mol. The van der Waals surface area contributed by atoms with Crippen LogP contribution in [0.1, 0.15) is 47.5 Å². The van der Waals surface area contributed by atoms with E-state index in [1.165, 1.54) is 0 Å². The van der Waals surface area contributed by atoms with Crippen molar-refractivity contribution in [3.8, 4) is 0 Å². The van der Waals surface area contributed by atoms with Gasteiger partial charge in [0.25, 0.3) is 0 Å². The minimum absolute atomic E-state index is 0.0501. The maximum atomic E-state index is 11.5. The summed E-state index contributed by atoms with van der Waals surface area (Å²) in [6.45, 7) is 9.10. The van der Waals surface area contributed by atoms with Crippen molar-refractivity contribution in [2.24, 2.45) is 5.92 Å². The zero-order chi connectivity index (χ0) is 16.6. The van der Waals surface area contributed by atoms with Crippen LogP contribution in [0, 0.1) is 5.92 Å². The minimum Gasteiger partial charge on any atom is -0.480 e. The standard InChI is InChI=1S/C14H25NO6/c1-9(2)8-20-11(16)7-6-10(12(17)18)15-13(19)21-14(3,4)5/h9-10H,6-8H2,1-5H3,(H,15,19)(H,17,18)/t10-/m0/s1. The van der Waals surface area contributed by atoms with Gasteiger partial charge in [-0.15, -0.1) is 0 Å². The largest absolute Gasteiger partial charge is 0.480 e. The number of alkyl carbamates (subject to hydrolysis) is 1. The van der Waals surface area contributed by atoms with Gasteiger partial charge < -0.3 is 19.9 Å². The number of hydrogen-bond donors (Lipinski definition) is 2. The first kappa shape index (κ1) is 19.2. The fourth-order valence-electron chi connectivity index (χ4n) is 1.30. The second kappa shape index (κ2) is 8.49. The first-order valence-electron chi connectivity index (χ1n) is 6.89. The lowest BCUT2D eigenvalue weighted by Crippen LogP contribution is -2.43. The summed E-state index contributed by atoms with van der Waals surface area (Å²) in [5.41, 5.74) is -0.719. The highest BCUT2D eigenvalue weighted by molar-refractivity contribution is 5.80. The molecule has 122 valence electrons. The molecule has 0 aromatic heterocycles. The Morgan fingerprint density at radius 2 is 1.76 bits per heavy atom. The highest BCUT2D eigenvalue weighted by Crippen LogP contribution is 2.08. The van der Waals surface area contributed by atoms with Gasteiger partial charge in [0.15, 0.2) is 0 Å². The van der Waals surface area contributed by atoms with Crippen LogP contribution in [0.3, 0.4) is 0 Å². The third-order valence-corrected chi connectivity index (χ3v) is 2.20. The van der Waals surface area contributed by atoms with Crippen molar-refractivity contribution >= 4 is 18.0 Å². The molecule has 0 aliphatic rings. The molecule has 2 N–H and O–H groups in total. The Morgan fingerprint density at radius 1 is 1.19 bits per heavy atom. The van der Waals surface area contributed by atoms with Gasteiger partial charge in [0.05, 0.1) is 6.61 Å². The molecule has 0 radical (unpaired) electrons. The number of carboxylic acid groups (broad SMARTS) is 1. The molecule has 0 saturated heterocycles. The van der Waals surface area contributed by atoms with E-state index in [2.05, 4.69) is 5.32 Å². The van der Waals surface area contributed by atoms with E-state index in [9.17, 15) is 14.4 Å². The number of ether oxygens (including phenoxy) is 2. The molecular weight excluding hydrogens is 278 g/mol. The number of hydrogen-bond acceptors (Lipinski definition) is 5. The van der Waals surface area contributed by atoms with Gasteiger partial charge in [0, 0.05) is 6.42 Å². The fourth-order valence-corrected chi connectivity index (χ4v) is 1.30. The topological polar surface area (TPSA) is 102 Å². The molecule has 0 rings (SSSR count). The molecular formula is C14H25NO6. The van der Waals surface area contributed by atoms with Gasteiger partial charge in [-0.25, -0.2) is 9.59 Å². The van der Waals surface area contributed by atoms with Gasteiger partial charge in [0.2, 0.25) is 0 Å². The lowest BCUT2D eigenvalue weighted by atomic mass is 10.1. The lowest BCUT2D eigenvalue weighted by Gasteiger charge is -2.21. The van der Waals surface area contributed by atoms with Gasteiger partial charge in [-0.3, -0.25) is 4.79 Å². The Balaban J connectivity index is 4.29. The Kier molecular flexibility index (Phi) is 7.76. The molecule has 0 aromatic carbocycles. The third-order valence-electron chi connectivity index (χ3n) is 2.20. The smallest absolute Gasteiger partial charge is 0.408 e. The molecule has 0 spiro atoms. The van der Waals surface area contributed by atoms with Gasteiger partial charge in [0.1, 0.15) is 11.6 Å². The molecule has 0 saturated carbocycles. The molecule has 0 aliphatic heterocycles. The summed E-state index contributed by atoms with van der Waals surface area (Å²) in [7, 11) is 0. The van der Waals surface area contributed by atoms with Crippen LogP contribution in [0.5, 0.6) is 0 Å². The minimum atomic E-state index is -1.22. The van der Waals surface area contributed by atoms with Gasteiger partial charge >= 0.3 is 18.0 Å². The average Bonchev–Trinajstić information content (AvgIpc) is 2.29. The number of amides is 1. The summed E-state index contributed by atoms with van der Waals surface area (Å²) in [4.78, 5) is 34.0. The van der Waals surface area contributed by atoms with Crippen molar-refractivity contribution in [3.05, 3.63) is 0 Å². The van der Waals surface area contributed by atoms with Crippen LogP contribution in [0.2, 0.25) is 0 Å². The van der Waals surface area contributed by atoms with E-state index in [-0.39, 0.29) is 25.4 Å². The van der Waals surface area contributed by atoms with Crippen molar-refractivity contribution in [1.29, 1.82) is 0 Å². The summed E-state index contributed by atoms with van der Waals surface area (Å²) in [6, 6.07) is -1.19. The zero-order valence-corrected chi connectivity index (χ0v) is 13.3. The number of esters is 1. The molecule has 7 nitrogen and oxygen atoms in total. The first-order chi connectivity index (χ1) is 9.51. The second-order valence-electron chi connectivity index (χ2n) is 6.15. The summed E-state index contributed by atoms with van der Waals surface area (Å²) >= 11 is 0. The maximum absolute atomic E-state index is 11.5. The molecule has 0 unspecified atom stereocenters. The van der Waals surface area contributed by atoms with Gasteiger partial charge in [-0.2, -0.15) is 0 Å². The van der Waals surface area contributed by atoms with Crippen LogP contribution in [-0.2, 0) is 19.1 Å². The number of carboxylic acids is 1. The number of carbonyl (C=O) groups is 3. The Labute approximate surface area is 125 Å². The van der Waals surface area contributed by atoms with E-state index in [4.69, 9.17) is 14.6 Å². The maximum Gasteiger partial charge on any atom is 0.408 e. The third kappa shape index (κ3) is 10.6. The van der Waals surface area contributed by atoms with Crippen LogP contribution >= 0.6 is 0 Å². The molecule has 1 amide bonds. The van der Waals surface area contributed by atoms with Gasteiger partial charge in [-0.05, 0) is 33.1 Å². The summed E-state index contributed by atoms with van der Waals surface area (Å²) in [5, 5.41) is 11.3. The monoisotopic (exact) mass is 303 g/mol. The molecule has 0 heterocycles. The first-order valence-corrected chi connectivity index (χ1v) is 6.89. The molecule has 21 heavy (non-hydrogen) atoms. The quantitative estimate of drug-likeness (QED) is 0.697. The van der Waals surface area contributed by atoms with Crippen molar-refractivity contribution in [2.75, 3.05) is 6.61 Å². The Hall–Kier alpha value is -1.79. The van der Waals surface area contributed by atoms with E-state index in [1.807, 2.05) is 13.8 Å². The van der Waals surface area contributed by atoms with Crippen LogP contribution in [-0.4, -0.2) is 41.4 Å².